The van der Waals surface area contributed by atoms with Gasteiger partial charge in [-0.05, 0) is 26.0 Å². The van der Waals surface area contributed by atoms with Crippen LogP contribution in [0.5, 0.6) is 0 Å². The van der Waals surface area contributed by atoms with Gasteiger partial charge in [0.1, 0.15) is 11.6 Å². The molecule has 0 fully saturated rings. The minimum absolute atomic E-state index is 0.358. The lowest BCUT2D eigenvalue weighted by Gasteiger charge is -2.17. The van der Waals surface area contributed by atoms with E-state index in [9.17, 15) is 8.78 Å². The summed E-state index contributed by atoms with van der Waals surface area (Å²) in [5.41, 5.74) is 0.358. The monoisotopic (exact) mass is 216 g/mol. The second-order valence-electron chi connectivity index (χ2n) is 2.95. The van der Waals surface area contributed by atoms with Crippen molar-refractivity contribution >= 4 is 0 Å². The number of benzene rings is 1. The lowest BCUT2D eigenvalue weighted by atomic mass is 10.2. The Hall–Kier alpha value is -1.00. The molecule has 0 bridgehead atoms. The van der Waals surface area contributed by atoms with E-state index in [2.05, 4.69) is 0 Å². The van der Waals surface area contributed by atoms with Gasteiger partial charge in [0.25, 0.3) is 0 Å². The molecule has 15 heavy (non-hydrogen) atoms. The van der Waals surface area contributed by atoms with Crippen LogP contribution in [0.1, 0.15) is 25.7 Å². The van der Waals surface area contributed by atoms with E-state index in [1.54, 1.807) is 13.8 Å². The molecule has 4 heteroatoms. The first-order chi connectivity index (χ1) is 7.17. The Labute approximate surface area is 87.8 Å². The van der Waals surface area contributed by atoms with E-state index < -0.39 is 17.9 Å². The van der Waals surface area contributed by atoms with Crippen LogP contribution in [0.4, 0.5) is 8.78 Å². The van der Waals surface area contributed by atoms with Gasteiger partial charge in [0, 0.05) is 24.8 Å². The maximum atomic E-state index is 12.9. The molecule has 0 unspecified atom stereocenters. The highest BCUT2D eigenvalue weighted by Gasteiger charge is 2.13. The number of hydrogen-bond donors (Lipinski definition) is 0. The minimum Gasteiger partial charge on any atom is -0.349 e. The summed E-state index contributed by atoms with van der Waals surface area (Å²) >= 11 is 0. The van der Waals surface area contributed by atoms with E-state index in [4.69, 9.17) is 9.47 Å². The zero-order valence-corrected chi connectivity index (χ0v) is 8.80. The van der Waals surface area contributed by atoms with Crippen LogP contribution in [0.25, 0.3) is 0 Å². The van der Waals surface area contributed by atoms with E-state index in [1.165, 1.54) is 12.1 Å². The predicted octanol–water partition coefficient (Wildman–Crippen LogP) is 3.04. The molecule has 0 heterocycles. The van der Waals surface area contributed by atoms with Crippen molar-refractivity contribution in [2.45, 2.75) is 20.1 Å². The van der Waals surface area contributed by atoms with Crippen LogP contribution >= 0.6 is 0 Å². The predicted molar refractivity (Wildman–Crippen MR) is 52.4 cm³/mol. The number of ether oxygens (including phenoxy) is 2. The Morgan fingerprint density at radius 3 is 1.87 bits per heavy atom. The fourth-order valence-corrected chi connectivity index (χ4v) is 1.25. The SMILES string of the molecule is CCOC(OCC)c1cc(F)cc(F)c1. The second kappa shape index (κ2) is 5.78. The highest BCUT2D eigenvalue weighted by atomic mass is 19.1. The Morgan fingerprint density at radius 1 is 1.00 bits per heavy atom. The standard InChI is InChI=1S/C11H14F2O2/c1-3-14-11(15-4-2)8-5-9(12)7-10(13)6-8/h5-7,11H,3-4H2,1-2H3. The van der Waals surface area contributed by atoms with E-state index in [1.807, 2.05) is 0 Å². The summed E-state index contributed by atoms with van der Waals surface area (Å²) in [6, 6.07) is 3.23. The molecule has 0 aliphatic carbocycles. The first kappa shape index (κ1) is 12.1. The maximum Gasteiger partial charge on any atom is 0.183 e. The zero-order chi connectivity index (χ0) is 11.3. The highest BCUT2D eigenvalue weighted by molar-refractivity contribution is 5.19. The highest BCUT2D eigenvalue weighted by Crippen LogP contribution is 2.20. The van der Waals surface area contributed by atoms with Crippen LogP contribution in [0, 0.1) is 11.6 Å². The second-order valence-corrected chi connectivity index (χ2v) is 2.95. The number of halogens is 2. The van der Waals surface area contributed by atoms with E-state index in [0.29, 0.717) is 18.8 Å². The quantitative estimate of drug-likeness (QED) is 0.704. The van der Waals surface area contributed by atoms with Gasteiger partial charge >= 0.3 is 0 Å². The number of hydrogen-bond acceptors (Lipinski definition) is 2. The third-order valence-electron chi connectivity index (χ3n) is 1.79. The maximum absolute atomic E-state index is 12.9. The van der Waals surface area contributed by atoms with Crippen molar-refractivity contribution in [2.24, 2.45) is 0 Å². The summed E-state index contributed by atoms with van der Waals surface area (Å²) in [6.45, 7) is 4.43. The topological polar surface area (TPSA) is 18.5 Å². The molecule has 0 saturated heterocycles. The Kier molecular flexibility index (Phi) is 4.65. The molecule has 0 spiro atoms. The fraction of sp³-hybridized carbons (Fsp3) is 0.455. The van der Waals surface area contributed by atoms with Crippen LogP contribution in [-0.2, 0) is 9.47 Å². The largest absolute Gasteiger partial charge is 0.349 e. The lowest BCUT2D eigenvalue weighted by Crippen LogP contribution is -2.09. The average molecular weight is 216 g/mol. The third kappa shape index (κ3) is 3.57. The van der Waals surface area contributed by atoms with Gasteiger partial charge in [-0.25, -0.2) is 8.78 Å². The van der Waals surface area contributed by atoms with Crippen LogP contribution in [0.2, 0.25) is 0 Å². The van der Waals surface area contributed by atoms with Crippen LogP contribution in [-0.4, -0.2) is 13.2 Å². The van der Waals surface area contributed by atoms with Crippen LogP contribution < -0.4 is 0 Å². The molecule has 1 rings (SSSR count). The summed E-state index contributed by atoms with van der Waals surface area (Å²) in [7, 11) is 0. The first-order valence-corrected chi connectivity index (χ1v) is 4.86. The third-order valence-corrected chi connectivity index (χ3v) is 1.79. The van der Waals surface area contributed by atoms with Gasteiger partial charge < -0.3 is 9.47 Å². The molecule has 0 N–H and O–H groups in total. The van der Waals surface area contributed by atoms with E-state index in [0.717, 1.165) is 6.07 Å². The molecule has 84 valence electrons. The van der Waals surface area contributed by atoms with Crippen LogP contribution in [0.15, 0.2) is 18.2 Å². The molecule has 0 amide bonds. The van der Waals surface area contributed by atoms with Crippen molar-refractivity contribution in [3.63, 3.8) is 0 Å². The van der Waals surface area contributed by atoms with Crippen molar-refractivity contribution in [1.29, 1.82) is 0 Å². The van der Waals surface area contributed by atoms with Crippen molar-refractivity contribution < 1.29 is 18.3 Å². The van der Waals surface area contributed by atoms with Crippen LogP contribution in [0.3, 0.4) is 0 Å². The van der Waals surface area contributed by atoms with Crippen molar-refractivity contribution in [2.75, 3.05) is 13.2 Å². The fourth-order valence-electron chi connectivity index (χ4n) is 1.25. The summed E-state index contributed by atoms with van der Waals surface area (Å²) in [6.07, 6.45) is -0.704. The Morgan fingerprint density at radius 2 is 1.47 bits per heavy atom. The van der Waals surface area contributed by atoms with Gasteiger partial charge in [-0.2, -0.15) is 0 Å². The molecule has 0 aromatic heterocycles. The van der Waals surface area contributed by atoms with Crippen molar-refractivity contribution in [3.8, 4) is 0 Å². The molecular formula is C11H14F2O2. The molecule has 0 saturated carbocycles. The van der Waals surface area contributed by atoms with Gasteiger partial charge in [-0.15, -0.1) is 0 Å². The summed E-state index contributed by atoms with van der Waals surface area (Å²) in [5, 5.41) is 0. The van der Waals surface area contributed by atoms with Crippen molar-refractivity contribution in [1.82, 2.24) is 0 Å². The summed E-state index contributed by atoms with van der Waals surface area (Å²) in [5.74, 6) is -1.26. The number of rotatable bonds is 5. The van der Waals surface area contributed by atoms with Gasteiger partial charge in [0.2, 0.25) is 0 Å². The molecule has 1 aromatic carbocycles. The van der Waals surface area contributed by atoms with Gasteiger partial charge in [-0.3, -0.25) is 0 Å². The summed E-state index contributed by atoms with van der Waals surface area (Å²) < 4.78 is 36.3. The Balaban J connectivity index is 2.88. The first-order valence-electron chi connectivity index (χ1n) is 4.86. The summed E-state index contributed by atoms with van der Waals surface area (Å²) in [4.78, 5) is 0. The van der Waals surface area contributed by atoms with Crippen molar-refractivity contribution in [3.05, 3.63) is 35.4 Å². The molecule has 1 aromatic rings. The molecule has 0 atom stereocenters. The van der Waals surface area contributed by atoms with Gasteiger partial charge in [0.05, 0.1) is 0 Å². The molecule has 0 aliphatic heterocycles. The average Bonchev–Trinajstić information content (AvgIpc) is 2.16. The minimum atomic E-state index is -0.704. The van der Waals surface area contributed by atoms with E-state index >= 15 is 0 Å². The molecule has 0 aliphatic rings. The Bertz CT molecular complexity index is 289. The molecular weight excluding hydrogens is 202 g/mol. The normalized spacial score (nSPS) is 11.0. The molecule has 0 radical (unpaired) electrons. The molecule has 2 nitrogen and oxygen atoms in total. The zero-order valence-electron chi connectivity index (χ0n) is 8.80. The van der Waals surface area contributed by atoms with Gasteiger partial charge in [0.15, 0.2) is 6.29 Å². The smallest absolute Gasteiger partial charge is 0.183 e. The lowest BCUT2D eigenvalue weighted by molar-refractivity contribution is -0.140. The van der Waals surface area contributed by atoms with Gasteiger partial charge in [-0.1, -0.05) is 0 Å². The van der Waals surface area contributed by atoms with E-state index in [-0.39, 0.29) is 0 Å².